The van der Waals surface area contributed by atoms with Gasteiger partial charge in [-0.1, -0.05) is 0 Å². The highest BCUT2D eigenvalue weighted by Crippen LogP contribution is 2.32. The summed E-state index contributed by atoms with van der Waals surface area (Å²) in [6.07, 6.45) is 3.69. The molecule has 1 saturated carbocycles. The van der Waals surface area contributed by atoms with Gasteiger partial charge >= 0.3 is 0 Å². The normalized spacial score (nSPS) is 16.0. The molecule has 220 valence electrons. The third-order valence-corrected chi connectivity index (χ3v) is 8.07. The largest absolute Gasteiger partial charge is 0.395 e. The highest BCUT2D eigenvalue weighted by atomic mass is 32.2. The number of rotatable bonds is 11. The number of piperazine rings is 1. The third-order valence-electron chi connectivity index (χ3n) is 7.21. The van der Waals surface area contributed by atoms with Crippen molar-refractivity contribution in [1.82, 2.24) is 34.6 Å². The fourth-order valence-electron chi connectivity index (χ4n) is 4.80. The van der Waals surface area contributed by atoms with E-state index >= 15 is 0 Å². The lowest BCUT2D eigenvalue weighted by molar-refractivity contribution is -0.118. The molecule has 3 aromatic heterocycles. The molecule has 2 amide bonds. The SMILES string of the molecule is Cc1cc(Nc2nc(Sc3ccc(NC(=O)C4CC4)cc3)nn3cc(NC(=O)CN4CCN(CCO)CC4)cc23)n[nH]1. The van der Waals surface area contributed by atoms with Crippen molar-refractivity contribution >= 4 is 52.1 Å². The van der Waals surface area contributed by atoms with Crippen molar-refractivity contribution in [2.24, 2.45) is 5.92 Å². The number of fused-ring (bicyclic) bond motifs is 1. The lowest BCUT2D eigenvalue weighted by atomic mass is 10.3. The molecule has 42 heavy (non-hydrogen) atoms. The minimum atomic E-state index is -0.102. The Morgan fingerprint density at radius 1 is 1.05 bits per heavy atom. The third kappa shape index (κ3) is 7.07. The first-order chi connectivity index (χ1) is 20.4. The Balaban J connectivity index is 1.17. The first kappa shape index (κ1) is 28.2. The van der Waals surface area contributed by atoms with Crippen LogP contribution in [0.25, 0.3) is 5.52 Å². The summed E-state index contributed by atoms with van der Waals surface area (Å²) in [5.74, 6) is 1.28. The molecule has 4 aromatic rings. The number of carbonyl (C=O) groups is 2. The van der Waals surface area contributed by atoms with Gasteiger partial charge in [0.15, 0.2) is 11.6 Å². The van der Waals surface area contributed by atoms with E-state index in [0.717, 1.165) is 55.3 Å². The maximum absolute atomic E-state index is 12.9. The summed E-state index contributed by atoms with van der Waals surface area (Å²) in [4.78, 5) is 34.9. The number of aliphatic hydroxyl groups is 1. The maximum atomic E-state index is 12.9. The number of β-amino-alcohol motifs (C(OH)–C–C–N with tert-alkyl or cyclic N) is 1. The van der Waals surface area contributed by atoms with Crippen molar-refractivity contribution in [3.63, 3.8) is 0 Å². The summed E-state index contributed by atoms with van der Waals surface area (Å²) in [6.45, 7) is 6.25. The molecule has 2 fully saturated rings. The molecule has 1 aliphatic carbocycles. The van der Waals surface area contributed by atoms with Crippen LogP contribution in [-0.4, -0.2) is 97.4 Å². The summed E-state index contributed by atoms with van der Waals surface area (Å²) < 4.78 is 1.70. The predicted molar refractivity (Wildman–Crippen MR) is 160 cm³/mol. The highest BCUT2D eigenvalue weighted by molar-refractivity contribution is 7.99. The average Bonchev–Trinajstić information content (AvgIpc) is 3.63. The molecule has 5 N–H and O–H groups in total. The van der Waals surface area contributed by atoms with Gasteiger partial charge in [-0.25, -0.2) is 9.50 Å². The van der Waals surface area contributed by atoms with Gasteiger partial charge in [0.25, 0.3) is 0 Å². The van der Waals surface area contributed by atoms with E-state index in [0.29, 0.717) is 41.1 Å². The lowest BCUT2D eigenvalue weighted by Crippen LogP contribution is -2.49. The molecule has 0 bridgehead atoms. The highest BCUT2D eigenvalue weighted by Gasteiger charge is 2.29. The van der Waals surface area contributed by atoms with Crippen LogP contribution in [0, 0.1) is 12.8 Å². The summed E-state index contributed by atoms with van der Waals surface area (Å²) in [5.41, 5.74) is 2.98. The quantitative estimate of drug-likeness (QED) is 0.176. The fraction of sp³-hybridized carbons (Fsp3) is 0.393. The molecule has 1 aromatic carbocycles. The van der Waals surface area contributed by atoms with Gasteiger partial charge in [-0.2, -0.15) is 5.10 Å². The van der Waals surface area contributed by atoms with Gasteiger partial charge in [0.2, 0.25) is 17.0 Å². The van der Waals surface area contributed by atoms with Crippen molar-refractivity contribution in [3.05, 3.63) is 48.3 Å². The van der Waals surface area contributed by atoms with E-state index in [1.165, 1.54) is 11.8 Å². The number of aromatic amines is 1. The van der Waals surface area contributed by atoms with Gasteiger partial charge in [-0.3, -0.25) is 24.5 Å². The summed E-state index contributed by atoms with van der Waals surface area (Å²) in [7, 11) is 0. The molecule has 0 spiro atoms. The van der Waals surface area contributed by atoms with E-state index in [4.69, 9.17) is 15.2 Å². The van der Waals surface area contributed by atoms with Gasteiger partial charge in [0, 0.05) is 61.0 Å². The first-order valence-corrected chi connectivity index (χ1v) is 14.9. The zero-order valence-electron chi connectivity index (χ0n) is 23.3. The number of carbonyl (C=O) groups excluding carboxylic acids is 2. The molecular formula is C28H34N10O3S. The summed E-state index contributed by atoms with van der Waals surface area (Å²) >= 11 is 1.39. The van der Waals surface area contributed by atoms with Crippen LogP contribution in [0.5, 0.6) is 0 Å². The Labute approximate surface area is 247 Å². The number of aromatic nitrogens is 5. The maximum Gasteiger partial charge on any atom is 0.238 e. The van der Waals surface area contributed by atoms with Crippen molar-refractivity contribution in [3.8, 4) is 0 Å². The Kier molecular flexibility index (Phi) is 8.37. The van der Waals surface area contributed by atoms with Gasteiger partial charge in [-0.05, 0) is 61.9 Å². The molecule has 0 radical (unpaired) electrons. The molecule has 0 unspecified atom stereocenters. The van der Waals surface area contributed by atoms with Crippen LogP contribution in [0.2, 0.25) is 0 Å². The molecular weight excluding hydrogens is 556 g/mol. The van der Waals surface area contributed by atoms with E-state index in [1.54, 1.807) is 10.7 Å². The van der Waals surface area contributed by atoms with Gasteiger partial charge in [-0.15, -0.1) is 5.10 Å². The zero-order chi connectivity index (χ0) is 29.1. The molecule has 1 saturated heterocycles. The second-order valence-electron chi connectivity index (χ2n) is 10.6. The van der Waals surface area contributed by atoms with Crippen LogP contribution >= 0.6 is 11.8 Å². The number of nitrogens with zero attached hydrogens (tertiary/aromatic N) is 6. The van der Waals surface area contributed by atoms with Crippen LogP contribution in [0.4, 0.5) is 23.0 Å². The molecule has 1 aliphatic heterocycles. The number of H-pyrrole nitrogens is 1. The zero-order valence-corrected chi connectivity index (χ0v) is 24.2. The first-order valence-electron chi connectivity index (χ1n) is 14.1. The number of hydrogen-bond donors (Lipinski definition) is 5. The summed E-state index contributed by atoms with van der Waals surface area (Å²) in [5, 5.41) is 30.8. The molecule has 13 nitrogen and oxygen atoms in total. The smallest absolute Gasteiger partial charge is 0.238 e. The Bertz CT molecular complexity index is 1560. The summed E-state index contributed by atoms with van der Waals surface area (Å²) in [6, 6.07) is 11.3. The number of amides is 2. The number of nitrogens with one attached hydrogen (secondary N) is 4. The molecule has 4 heterocycles. The van der Waals surface area contributed by atoms with Crippen LogP contribution in [0.15, 0.2) is 52.6 Å². The lowest BCUT2D eigenvalue weighted by Gasteiger charge is -2.33. The second kappa shape index (κ2) is 12.5. The minimum Gasteiger partial charge on any atom is -0.395 e. The van der Waals surface area contributed by atoms with E-state index in [1.807, 2.05) is 43.3 Å². The number of hydrogen-bond acceptors (Lipinski definition) is 10. The second-order valence-corrected chi connectivity index (χ2v) is 11.7. The molecule has 2 aliphatic rings. The number of benzene rings is 1. The van der Waals surface area contributed by atoms with E-state index < -0.39 is 0 Å². The fourth-order valence-corrected chi connectivity index (χ4v) is 5.55. The Hall–Kier alpha value is -3.98. The average molecular weight is 591 g/mol. The van der Waals surface area contributed by atoms with Crippen LogP contribution < -0.4 is 16.0 Å². The standard InChI is InChI=1S/C28H34N10O3S/c1-18-14-24(34-33-18)31-26-23-15-21(29-25(40)17-37-10-8-36(9-11-37)12-13-39)16-38(23)35-28(32-26)42-22-6-4-20(5-7-22)30-27(41)19-2-3-19/h4-7,14-16,19,39H,2-3,8-13,17H2,1H3,(H,29,40)(H,30,41)(H2,31,32,33,34,35). The van der Waals surface area contributed by atoms with E-state index in [9.17, 15) is 9.59 Å². The topological polar surface area (TPSA) is 156 Å². The monoisotopic (exact) mass is 590 g/mol. The molecule has 0 atom stereocenters. The Morgan fingerprint density at radius 3 is 2.50 bits per heavy atom. The predicted octanol–water partition coefficient (Wildman–Crippen LogP) is 2.55. The molecule has 6 rings (SSSR count). The van der Waals surface area contributed by atoms with Crippen LogP contribution in [-0.2, 0) is 9.59 Å². The van der Waals surface area contributed by atoms with E-state index in [-0.39, 0.29) is 24.3 Å². The van der Waals surface area contributed by atoms with Crippen LogP contribution in [0.1, 0.15) is 18.5 Å². The molecule has 14 heteroatoms. The van der Waals surface area contributed by atoms with Gasteiger partial charge < -0.3 is 21.1 Å². The van der Waals surface area contributed by atoms with Crippen molar-refractivity contribution < 1.29 is 14.7 Å². The minimum absolute atomic E-state index is 0.0737. The Morgan fingerprint density at radius 2 is 1.81 bits per heavy atom. The van der Waals surface area contributed by atoms with Crippen molar-refractivity contribution in [2.45, 2.75) is 29.8 Å². The van der Waals surface area contributed by atoms with Crippen molar-refractivity contribution in [2.75, 3.05) is 61.8 Å². The van der Waals surface area contributed by atoms with Gasteiger partial charge in [0.1, 0.15) is 5.52 Å². The van der Waals surface area contributed by atoms with Gasteiger partial charge in [0.05, 0.1) is 25.0 Å². The van der Waals surface area contributed by atoms with Crippen molar-refractivity contribution in [1.29, 1.82) is 0 Å². The number of anilines is 4. The number of aryl methyl sites for hydroxylation is 1. The van der Waals surface area contributed by atoms with Crippen LogP contribution in [0.3, 0.4) is 0 Å². The van der Waals surface area contributed by atoms with E-state index in [2.05, 4.69) is 35.9 Å². The number of aliphatic hydroxyl groups excluding tert-OH is 1.